The van der Waals surface area contributed by atoms with Crippen LogP contribution in [-0.4, -0.2) is 36.2 Å². The number of amidine groups is 1. The maximum absolute atomic E-state index is 13.2. The number of hydrogen-bond acceptors (Lipinski definition) is 8. The van der Waals surface area contributed by atoms with Gasteiger partial charge in [-0.15, -0.1) is 0 Å². The minimum Gasteiger partial charge on any atom is -0.493 e. The first-order chi connectivity index (χ1) is 25.4. The van der Waals surface area contributed by atoms with Crippen molar-refractivity contribution in [3.05, 3.63) is 164 Å². The van der Waals surface area contributed by atoms with Crippen LogP contribution in [-0.2, 0) is 11.4 Å². The standard InChI is InChI=1S/C42H36N4O5S/c1-50-38-22-28(14-17-37(38)51-26-27-12-15-32(16-13-27)46(48)49)23-39-41(47)44-42(52-39)43-31-24-35-33(29-8-4-2-5-9-29)18-20-45-21-19-34(36(25-31)40(35)45)30-10-6-3-7-11-30/h2-17,22-25,33-34H,18-21,26H2,1H3,(H,43,44,47)/b39-23-/t33-,34-/m0/s1. The number of non-ortho nitro benzene ring substituents is 1. The molecule has 9 nitrogen and oxygen atoms in total. The predicted molar refractivity (Wildman–Crippen MR) is 206 cm³/mol. The van der Waals surface area contributed by atoms with Crippen LogP contribution >= 0.6 is 11.8 Å². The van der Waals surface area contributed by atoms with Crippen molar-refractivity contribution in [1.29, 1.82) is 0 Å². The van der Waals surface area contributed by atoms with Gasteiger partial charge in [-0.1, -0.05) is 66.7 Å². The highest BCUT2D eigenvalue weighted by molar-refractivity contribution is 8.18. The molecular weight excluding hydrogens is 673 g/mol. The molecule has 3 aliphatic heterocycles. The number of nitrogens with zero attached hydrogens (tertiary/aromatic N) is 3. The minimum absolute atomic E-state index is 0.0259. The summed E-state index contributed by atoms with van der Waals surface area (Å²) in [4.78, 5) is 31.9. The molecule has 0 aromatic heterocycles. The Hall–Kier alpha value is -5.87. The van der Waals surface area contributed by atoms with Gasteiger partial charge in [0, 0.05) is 42.7 Å². The first-order valence-corrected chi connectivity index (χ1v) is 18.1. The molecular formula is C42H36N4O5S. The zero-order chi connectivity index (χ0) is 35.6. The summed E-state index contributed by atoms with van der Waals surface area (Å²) in [6.45, 7) is 2.26. The molecule has 1 saturated heterocycles. The maximum Gasteiger partial charge on any atom is 0.269 e. The highest BCUT2D eigenvalue weighted by atomic mass is 32.2. The minimum atomic E-state index is -0.432. The van der Waals surface area contributed by atoms with Gasteiger partial charge < -0.3 is 19.7 Å². The normalized spacial score (nSPS) is 19.3. The van der Waals surface area contributed by atoms with E-state index in [1.54, 1.807) is 25.3 Å². The van der Waals surface area contributed by atoms with Crippen molar-refractivity contribution in [3.8, 4) is 11.5 Å². The molecule has 10 heteroatoms. The van der Waals surface area contributed by atoms with Crippen LogP contribution < -0.4 is 19.7 Å². The van der Waals surface area contributed by atoms with Crippen molar-refractivity contribution in [2.24, 2.45) is 4.99 Å². The van der Waals surface area contributed by atoms with Gasteiger partial charge in [0.2, 0.25) is 0 Å². The van der Waals surface area contributed by atoms with Crippen molar-refractivity contribution in [3.63, 3.8) is 0 Å². The van der Waals surface area contributed by atoms with E-state index in [1.165, 1.54) is 51.8 Å². The summed E-state index contributed by atoms with van der Waals surface area (Å²) < 4.78 is 11.6. The number of amides is 1. The summed E-state index contributed by atoms with van der Waals surface area (Å²) in [5.74, 6) is 1.34. The molecule has 1 N–H and O–H groups in total. The number of carbonyl (C=O) groups excluding carboxylic acids is 1. The lowest BCUT2D eigenvalue weighted by Crippen LogP contribution is -2.37. The van der Waals surface area contributed by atoms with E-state index in [-0.39, 0.29) is 30.0 Å². The molecule has 0 radical (unpaired) electrons. The van der Waals surface area contributed by atoms with Crippen LogP contribution in [0, 0.1) is 10.1 Å². The number of benzene rings is 5. The summed E-state index contributed by atoms with van der Waals surface area (Å²) in [5, 5.41) is 14.5. The topological polar surface area (TPSA) is 106 Å². The van der Waals surface area contributed by atoms with Gasteiger partial charge in [0.25, 0.3) is 11.6 Å². The lowest BCUT2D eigenvalue weighted by molar-refractivity contribution is -0.384. The van der Waals surface area contributed by atoms with E-state index in [9.17, 15) is 14.9 Å². The van der Waals surface area contributed by atoms with Gasteiger partial charge in [-0.25, -0.2) is 4.99 Å². The van der Waals surface area contributed by atoms with E-state index in [0.717, 1.165) is 42.7 Å². The largest absolute Gasteiger partial charge is 0.493 e. The van der Waals surface area contributed by atoms with Crippen LogP contribution in [0.25, 0.3) is 6.08 Å². The van der Waals surface area contributed by atoms with Crippen molar-refractivity contribution >= 4 is 46.0 Å². The fourth-order valence-corrected chi connectivity index (χ4v) is 8.26. The SMILES string of the molecule is COc1cc(/C=C2\SC(=Nc3cc4c5c(c3)[C@H](c3ccccc3)CCN5CC[C@H]4c3ccccc3)NC2=O)ccc1OCc1ccc([N+](=O)[O-])cc1. The van der Waals surface area contributed by atoms with Crippen LogP contribution in [0.5, 0.6) is 11.5 Å². The summed E-state index contributed by atoms with van der Waals surface area (Å²) in [5.41, 5.74) is 8.96. The molecule has 2 atom stereocenters. The Morgan fingerprint density at radius 3 is 2.10 bits per heavy atom. The lowest BCUT2D eigenvalue weighted by atomic mass is 9.76. The molecule has 1 fully saturated rings. The van der Waals surface area contributed by atoms with Crippen molar-refractivity contribution in [1.82, 2.24) is 5.32 Å². The molecule has 0 aliphatic carbocycles. The average molecular weight is 709 g/mol. The van der Waals surface area contributed by atoms with Crippen LogP contribution in [0.1, 0.15) is 58.1 Å². The Morgan fingerprint density at radius 1 is 0.865 bits per heavy atom. The zero-order valence-corrected chi connectivity index (χ0v) is 29.3. The van der Waals surface area contributed by atoms with E-state index in [0.29, 0.717) is 21.6 Å². The molecule has 52 heavy (non-hydrogen) atoms. The van der Waals surface area contributed by atoms with Crippen LogP contribution in [0.4, 0.5) is 17.1 Å². The van der Waals surface area contributed by atoms with Crippen LogP contribution in [0.2, 0.25) is 0 Å². The predicted octanol–water partition coefficient (Wildman–Crippen LogP) is 8.95. The molecule has 0 saturated carbocycles. The Bertz CT molecular complexity index is 2130. The number of anilines is 1. The highest BCUT2D eigenvalue weighted by Gasteiger charge is 2.35. The van der Waals surface area contributed by atoms with Gasteiger partial charge in [-0.2, -0.15) is 0 Å². The number of nitro groups is 1. The van der Waals surface area contributed by atoms with E-state index >= 15 is 0 Å². The van der Waals surface area contributed by atoms with Gasteiger partial charge >= 0.3 is 0 Å². The molecule has 8 rings (SSSR count). The summed E-state index contributed by atoms with van der Waals surface area (Å²) >= 11 is 1.32. The van der Waals surface area contributed by atoms with Gasteiger partial charge in [0.05, 0.1) is 22.6 Å². The lowest BCUT2D eigenvalue weighted by Gasteiger charge is -2.43. The smallest absolute Gasteiger partial charge is 0.269 e. The van der Waals surface area contributed by atoms with E-state index in [4.69, 9.17) is 14.5 Å². The number of nitrogens with one attached hydrogen (secondary N) is 1. The monoisotopic (exact) mass is 708 g/mol. The Kier molecular flexibility index (Phi) is 9.22. The van der Waals surface area contributed by atoms with Gasteiger partial charge in [-0.05, 0) is 100 Å². The molecule has 1 amide bonds. The van der Waals surface area contributed by atoms with Gasteiger partial charge in [-0.3, -0.25) is 14.9 Å². The second-order valence-corrected chi connectivity index (χ2v) is 14.1. The second-order valence-electron chi connectivity index (χ2n) is 13.1. The molecule has 0 spiro atoms. The number of thioether (sulfide) groups is 1. The zero-order valence-electron chi connectivity index (χ0n) is 28.5. The maximum atomic E-state index is 13.2. The number of hydrogen-bond donors (Lipinski definition) is 1. The van der Waals surface area contributed by atoms with E-state index in [1.807, 2.05) is 18.2 Å². The summed E-state index contributed by atoms with van der Waals surface area (Å²) in [6, 6.07) is 37.6. The number of nitro benzene ring substituents is 1. The van der Waals surface area contributed by atoms with E-state index in [2.05, 4.69) is 83.0 Å². The second kappa shape index (κ2) is 14.4. The molecule has 3 aliphatic rings. The van der Waals surface area contributed by atoms with Gasteiger partial charge in [0.15, 0.2) is 16.7 Å². The third-order valence-electron chi connectivity index (χ3n) is 9.91. The van der Waals surface area contributed by atoms with Crippen LogP contribution in [0.15, 0.2) is 125 Å². The number of methoxy groups -OCH3 is 1. The fraction of sp³-hybridized carbons (Fsp3) is 0.190. The quantitative estimate of drug-likeness (QED) is 0.0926. The first-order valence-electron chi connectivity index (χ1n) is 17.3. The highest BCUT2D eigenvalue weighted by Crippen LogP contribution is 2.50. The third kappa shape index (κ3) is 6.77. The van der Waals surface area contributed by atoms with Crippen molar-refractivity contribution in [2.45, 2.75) is 31.3 Å². The Morgan fingerprint density at radius 2 is 1.50 bits per heavy atom. The molecule has 5 aromatic carbocycles. The molecule has 5 aromatic rings. The fourth-order valence-electron chi connectivity index (χ4n) is 7.42. The average Bonchev–Trinajstić information content (AvgIpc) is 3.52. The molecule has 3 heterocycles. The third-order valence-corrected chi connectivity index (χ3v) is 10.8. The summed E-state index contributed by atoms with van der Waals surface area (Å²) in [6.07, 6.45) is 3.89. The number of rotatable bonds is 9. The van der Waals surface area contributed by atoms with Crippen molar-refractivity contribution < 1.29 is 19.2 Å². The molecule has 260 valence electrons. The van der Waals surface area contributed by atoms with Crippen molar-refractivity contribution in [2.75, 3.05) is 25.1 Å². The summed E-state index contributed by atoms with van der Waals surface area (Å²) in [7, 11) is 1.56. The Balaban J connectivity index is 1.07. The van der Waals surface area contributed by atoms with Crippen LogP contribution in [0.3, 0.4) is 0 Å². The number of carbonyl (C=O) groups is 1. The number of ether oxygens (including phenoxy) is 2. The molecule has 0 bridgehead atoms. The Labute approximate surface area is 306 Å². The first kappa shape index (κ1) is 33.3. The van der Waals surface area contributed by atoms with E-state index < -0.39 is 4.92 Å². The van der Waals surface area contributed by atoms with Gasteiger partial charge in [0.1, 0.15) is 6.61 Å². The number of aliphatic imine (C=N–C) groups is 1. The molecule has 0 unspecified atom stereocenters.